The summed E-state index contributed by atoms with van der Waals surface area (Å²) in [6.07, 6.45) is 0.317. The van der Waals surface area contributed by atoms with Crippen molar-refractivity contribution in [3.05, 3.63) is 47.0 Å². The molecule has 1 aromatic carbocycles. The van der Waals surface area contributed by atoms with Crippen LogP contribution < -0.4 is 5.32 Å². The van der Waals surface area contributed by atoms with Crippen LogP contribution in [0.25, 0.3) is 0 Å². The van der Waals surface area contributed by atoms with Gasteiger partial charge in [0.25, 0.3) is 5.91 Å². The second-order valence-corrected chi connectivity index (χ2v) is 4.25. The van der Waals surface area contributed by atoms with Gasteiger partial charge in [-0.1, -0.05) is 17.0 Å². The third-order valence-electron chi connectivity index (χ3n) is 2.55. The second kappa shape index (κ2) is 6.68. The number of aromatic nitrogens is 1. The zero-order valence-electron chi connectivity index (χ0n) is 11.3. The van der Waals surface area contributed by atoms with Crippen LogP contribution in [0.4, 0.5) is 10.2 Å². The van der Waals surface area contributed by atoms with Crippen LogP contribution in [0.2, 0.25) is 0 Å². The molecule has 0 radical (unpaired) electrons. The topological polar surface area (TPSA) is 75.4 Å². The maximum absolute atomic E-state index is 13.7. The smallest absolute Gasteiger partial charge is 0.259 e. The van der Waals surface area contributed by atoms with Crippen molar-refractivity contribution >= 4 is 11.7 Å². The highest BCUT2D eigenvalue weighted by Crippen LogP contribution is 2.14. The van der Waals surface area contributed by atoms with Gasteiger partial charge >= 0.3 is 0 Å². The SMILES string of the molecule is Cc1cc(NC(=O)c2cc(C#CCCO)ccc2F)no1. The quantitative estimate of drug-likeness (QED) is 0.848. The molecule has 5 nitrogen and oxygen atoms in total. The number of aliphatic hydroxyl groups is 1. The van der Waals surface area contributed by atoms with Crippen molar-refractivity contribution in [3.8, 4) is 11.8 Å². The molecular weight excluding hydrogens is 275 g/mol. The number of amides is 1. The van der Waals surface area contributed by atoms with E-state index < -0.39 is 11.7 Å². The monoisotopic (exact) mass is 288 g/mol. The Morgan fingerprint density at radius 3 is 2.95 bits per heavy atom. The van der Waals surface area contributed by atoms with Crippen molar-refractivity contribution in [1.29, 1.82) is 0 Å². The summed E-state index contributed by atoms with van der Waals surface area (Å²) in [5, 5.41) is 14.7. The van der Waals surface area contributed by atoms with Gasteiger partial charge in [-0.05, 0) is 25.1 Å². The standard InChI is InChI=1S/C15H13FN2O3/c1-10-8-14(18-21-10)17-15(20)12-9-11(4-2-3-7-19)5-6-13(12)16/h5-6,8-9,19H,3,7H2,1H3,(H,17,18,20). The Hall–Kier alpha value is -2.65. The molecule has 0 spiro atoms. The van der Waals surface area contributed by atoms with Crippen LogP contribution in [0.3, 0.4) is 0 Å². The van der Waals surface area contributed by atoms with Gasteiger partial charge in [0, 0.05) is 18.1 Å². The average molecular weight is 288 g/mol. The molecule has 1 aromatic heterocycles. The van der Waals surface area contributed by atoms with Crippen LogP contribution in [0, 0.1) is 24.6 Å². The largest absolute Gasteiger partial charge is 0.395 e. The lowest BCUT2D eigenvalue weighted by Gasteiger charge is -2.03. The molecule has 0 aliphatic rings. The highest BCUT2D eigenvalue weighted by atomic mass is 19.1. The Bertz CT molecular complexity index is 713. The first-order valence-corrected chi connectivity index (χ1v) is 6.24. The molecule has 0 unspecified atom stereocenters. The zero-order valence-corrected chi connectivity index (χ0v) is 11.3. The maximum atomic E-state index is 13.7. The van der Waals surface area contributed by atoms with Crippen LogP contribution in [-0.2, 0) is 0 Å². The Labute approximate surface area is 120 Å². The Balaban J connectivity index is 2.20. The molecule has 0 fully saturated rings. The number of halogens is 1. The van der Waals surface area contributed by atoms with Gasteiger partial charge in [0.1, 0.15) is 11.6 Å². The van der Waals surface area contributed by atoms with E-state index in [0.717, 1.165) is 0 Å². The van der Waals surface area contributed by atoms with Gasteiger partial charge in [0.15, 0.2) is 5.82 Å². The molecule has 0 aliphatic carbocycles. The summed E-state index contributed by atoms with van der Waals surface area (Å²) in [7, 11) is 0. The lowest BCUT2D eigenvalue weighted by atomic mass is 10.1. The van der Waals surface area contributed by atoms with E-state index in [4.69, 9.17) is 9.63 Å². The molecule has 2 N–H and O–H groups in total. The van der Waals surface area contributed by atoms with E-state index >= 15 is 0 Å². The number of carbonyl (C=O) groups excluding carboxylic acids is 1. The minimum absolute atomic E-state index is 0.0486. The van der Waals surface area contributed by atoms with Gasteiger partial charge in [0.05, 0.1) is 12.2 Å². The molecule has 108 valence electrons. The van der Waals surface area contributed by atoms with Crippen molar-refractivity contribution in [2.75, 3.05) is 11.9 Å². The summed E-state index contributed by atoms with van der Waals surface area (Å²) in [4.78, 5) is 12.0. The van der Waals surface area contributed by atoms with Crippen LogP contribution in [-0.4, -0.2) is 22.8 Å². The summed E-state index contributed by atoms with van der Waals surface area (Å²) < 4.78 is 18.5. The van der Waals surface area contributed by atoms with Gasteiger partial charge in [0.2, 0.25) is 0 Å². The number of aliphatic hydroxyl groups excluding tert-OH is 1. The molecule has 2 rings (SSSR count). The molecule has 2 aromatic rings. The number of anilines is 1. The van der Waals surface area contributed by atoms with Crippen molar-refractivity contribution in [2.45, 2.75) is 13.3 Å². The number of nitrogens with one attached hydrogen (secondary N) is 1. The van der Waals surface area contributed by atoms with Gasteiger partial charge < -0.3 is 14.9 Å². The number of benzene rings is 1. The fourth-order valence-electron chi connectivity index (χ4n) is 1.61. The predicted molar refractivity (Wildman–Crippen MR) is 74.2 cm³/mol. The highest BCUT2D eigenvalue weighted by molar-refractivity contribution is 6.04. The van der Waals surface area contributed by atoms with Crippen molar-refractivity contribution in [2.24, 2.45) is 0 Å². The first-order valence-electron chi connectivity index (χ1n) is 6.24. The van der Waals surface area contributed by atoms with Crippen LogP contribution >= 0.6 is 0 Å². The van der Waals surface area contributed by atoms with E-state index in [1.807, 2.05) is 0 Å². The van der Waals surface area contributed by atoms with E-state index in [1.165, 1.54) is 24.3 Å². The molecule has 0 bridgehead atoms. The minimum Gasteiger partial charge on any atom is -0.395 e. The molecule has 1 heterocycles. The number of rotatable bonds is 3. The highest BCUT2D eigenvalue weighted by Gasteiger charge is 2.14. The number of hydrogen-bond donors (Lipinski definition) is 2. The van der Waals surface area contributed by atoms with E-state index in [-0.39, 0.29) is 18.0 Å². The minimum atomic E-state index is -0.652. The fraction of sp³-hybridized carbons (Fsp3) is 0.200. The lowest BCUT2D eigenvalue weighted by molar-refractivity contribution is 0.102. The molecule has 6 heteroatoms. The normalized spacial score (nSPS) is 9.86. The molecule has 0 atom stereocenters. The third-order valence-corrected chi connectivity index (χ3v) is 2.55. The molecule has 21 heavy (non-hydrogen) atoms. The number of nitrogens with zero attached hydrogens (tertiary/aromatic N) is 1. The van der Waals surface area contributed by atoms with Crippen LogP contribution in [0.15, 0.2) is 28.8 Å². The lowest BCUT2D eigenvalue weighted by Crippen LogP contribution is -2.14. The molecular formula is C15H13FN2O3. The van der Waals surface area contributed by atoms with Crippen molar-refractivity contribution in [3.63, 3.8) is 0 Å². The Morgan fingerprint density at radius 2 is 2.29 bits per heavy atom. The maximum Gasteiger partial charge on any atom is 0.259 e. The summed E-state index contributed by atoms with van der Waals surface area (Å²) in [6, 6.07) is 5.52. The first-order chi connectivity index (χ1) is 10.1. The van der Waals surface area contributed by atoms with Gasteiger partial charge in [-0.2, -0.15) is 0 Å². The average Bonchev–Trinajstić information content (AvgIpc) is 2.86. The molecule has 0 saturated heterocycles. The molecule has 0 aliphatic heterocycles. The third kappa shape index (κ3) is 3.91. The van der Waals surface area contributed by atoms with E-state index in [0.29, 0.717) is 17.7 Å². The van der Waals surface area contributed by atoms with Gasteiger partial charge in [-0.15, -0.1) is 0 Å². The van der Waals surface area contributed by atoms with Crippen LogP contribution in [0.1, 0.15) is 28.1 Å². The summed E-state index contributed by atoms with van der Waals surface area (Å²) in [6.45, 7) is 1.63. The van der Waals surface area contributed by atoms with Crippen molar-refractivity contribution < 1.29 is 18.8 Å². The molecule has 1 amide bonds. The number of carbonyl (C=O) groups is 1. The van der Waals surface area contributed by atoms with E-state index in [9.17, 15) is 9.18 Å². The summed E-state index contributed by atoms with van der Waals surface area (Å²) >= 11 is 0. The number of hydrogen-bond acceptors (Lipinski definition) is 4. The Morgan fingerprint density at radius 1 is 1.48 bits per heavy atom. The number of aryl methyl sites for hydroxylation is 1. The van der Waals surface area contributed by atoms with Gasteiger partial charge in [-0.25, -0.2) is 4.39 Å². The summed E-state index contributed by atoms with van der Waals surface area (Å²) in [5.74, 6) is 4.92. The summed E-state index contributed by atoms with van der Waals surface area (Å²) in [5.41, 5.74) is 0.359. The van der Waals surface area contributed by atoms with Crippen molar-refractivity contribution in [1.82, 2.24) is 5.16 Å². The van der Waals surface area contributed by atoms with Crippen LogP contribution in [0.5, 0.6) is 0 Å². The van der Waals surface area contributed by atoms with E-state index in [1.54, 1.807) is 6.92 Å². The fourth-order valence-corrected chi connectivity index (χ4v) is 1.61. The zero-order chi connectivity index (χ0) is 15.2. The van der Waals surface area contributed by atoms with Gasteiger partial charge in [-0.3, -0.25) is 4.79 Å². The second-order valence-electron chi connectivity index (χ2n) is 4.25. The molecule has 0 saturated carbocycles. The first kappa shape index (κ1) is 14.8. The van der Waals surface area contributed by atoms with E-state index in [2.05, 4.69) is 22.3 Å². The predicted octanol–water partition coefficient (Wildman–Crippen LogP) is 2.11. The Kier molecular flexibility index (Phi) is 4.69.